The molecule has 3 aliphatic rings. The second-order valence-electron chi connectivity index (χ2n) is 7.12. The molecule has 7 heteroatoms. The Morgan fingerprint density at radius 2 is 1.81 bits per heavy atom. The maximum absolute atomic E-state index is 12.6. The summed E-state index contributed by atoms with van der Waals surface area (Å²) in [7, 11) is 0. The van der Waals surface area contributed by atoms with Crippen LogP contribution < -0.4 is 0 Å². The van der Waals surface area contributed by atoms with E-state index in [4.69, 9.17) is 5.26 Å². The standard InChI is InChI=1S/C19H20N4O3/c20-11-13-2-1-3-14(10-13)18(25)21-8-6-15(7-9-21)22-12-17(24)23(19(22)26)16-4-5-16/h1-3,10,15-16H,4-9,12H2. The van der Waals surface area contributed by atoms with E-state index in [2.05, 4.69) is 0 Å². The number of carbonyl (C=O) groups excluding carboxylic acids is 3. The van der Waals surface area contributed by atoms with Crippen molar-refractivity contribution in [1.82, 2.24) is 14.7 Å². The van der Waals surface area contributed by atoms with Crippen molar-refractivity contribution in [2.24, 2.45) is 0 Å². The van der Waals surface area contributed by atoms with Gasteiger partial charge in [0.1, 0.15) is 6.54 Å². The largest absolute Gasteiger partial charge is 0.338 e. The van der Waals surface area contributed by atoms with Crippen LogP contribution in [-0.2, 0) is 4.79 Å². The van der Waals surface area contributed by atoms with Crippen LogP contribution in [0, 0.1) is 11.3 Å². The fourth-order valence-corrected chi connectivity index (χ4v) is 3.80. The summed E-state index contributed by atoms with van der Waals surface area (Å²) in [5.74, 6) is -0.187. The lowest BCUT2D eigenvalue weighted by Crippen LogP contribution is -2.48. The van der Waals surface area contributed by atoms with E-state index in [1.165, 1.54) is 4.90 Å². The summed E-state index contributed by atoms with van der Waals surface area (Å²) in [6.45, 7) is 1.25. The van der Waals surface area contributed by atoms with E-state index in [-0.39, 0.29) is 36.5 Å². The van der Waals surface area contributed by atoms with Crippen LogP contribution in [0.5, 0.6) is 0 Å². The van der Waals surface area contributed by atoms with Gasteiger partial charge in [-0.2, -0.15) is 5.26 Å². The number of rotatable bonds is 3. The zero-order valence-electron chi connectivity index (χ0n) is 14.4. The summed E-state index contributed by atoms with van der Waals surface area (Å²) < 4.78 is 0. The molecule has 2 aliphatic heterocycles. The first-order chi connectivity index (χ1) is 12.6. The highest BCUT2D eigenvalue weighted by atomic mass is 16.2. The lowest BCUT2D eigenvalue weighted by atomic mass is 10.0. The highest BCUT2D eigenvalue weighted by Crippen LogP contribution is 2.32. The maximum Gasteiger partial charge on any atom is 0.327 e. The molecule has 2 saturated heterocycles. The van der Waals surface area contributed by atoms with Crippen LogP contribution in [0.15, 0.2) is 24.3 Å². The Balaban J connectivity index is 1.38. The fraction of sp³-hybridized carbons (Fsp3) is 0.474. The van der Waals surface area contributed by atoms with Crippen LogP contribution in [0.4, 0.5) is 4.79 Å². The first kappa shape index (κ1) is 16.6. The lowest BCUT2D eigenvalue weighted by Gasteiger charge is -2.36. The van der Waals surface area contributed by atoms with Crippen molar-refractivity contribution in [3.63, 3.8) is 0 Å². The summed E-state index contributed by atoms with van der Waals surface area (Å²) >= 11 is 0. The van der Waals surface area contributed by atoms with Gasteiger partial charge in [0.05, 0.1) is 11.6 Å². The number of piperidine rings is 1. The Morgan fingerprint density at radius 3 is 2.46 bits per heavy atom. The van der Waals surface area contributed by atoms with E-state index in [0.717, 1.165) is 12.8 Å². The van der Waals surface area contributed by atoms with Crippen molar-refractivity contribution in [3.05, 3.63) is 35.4 Å². The number of nitrogens with zero attached hydrogens (tertiary/aromatic N) is 4. The molecule has 4 amide bonds. The Labute approximate surface area is 151 Å². The van der Waals surface area contributed by atoms with Gasteiger partial charge < -0.3 is 9.80 Å². The third kappa shape index (κ3) is 2.92. The summed E-state index contributed by atoms with van der Waals surface area (Å²) in [6.07, 6.45) is 3.17. The minimum atomic E-state index is -0.163. The number of hydrogen-bond acceptors (Lipinski definition) is 4. The zero-order chi connectivity index (χ0) is 18.3. The second-order valence-corrected chi connectivity index (χ2v) is 7.12. The van der Waals surface area contributed by atoms with Gasteiger partial charge in [-0.3, -0.25) is 14.5 Å². The minimum absolute atomic E-state index is 0.00435. The maximum atomic E-state index is 12.6. The number of nitriles is 1. The Morgan fingerprint density at radius 1 is 1.08 bits per heavy atom. The third-order valence-corrected chi connectivity index (χ3v) is 5.37. The molecule has 0 radical (unpaired) electrons. The van der Waals surface area contributed by atoms with Gasteiger partial charge in [-0.1, -0.05) is 6.07 Å². The number of hydrogen-bond donors (Lipinski definition) is 0. The van der Waals surface area contributed by atoms with Crippen molar-refractivity contribution >= 4 is 17.8 Å². The van der Waals surface area contributed by atoms with Gasteiger partial charge in [-0.25, -0.2) is 4.79 Å². The Kier molecular flexibility index (Phi) is 4.11. The number of urea groups is 1. The number of likely N-dealkylation sites (tertiary alicyclic amines) is 1. The van der Waals surface area contributed by atoms with Gasteiger partial charge in [-0.15, -0.1) is 0 Å². The van der Waals surface area contributed by atoms with Crippen LogP contribution in [0.2, 0.25) is 0 Å². The molecule has 0 unspecified atom stereocenters. The molecule has 1 aromatic rings. The molecule has 0 bridgehead atoms. The molecule has 26 heavy (non-hydrogen) atoms. The van der Waals surface area contributed by atoms with E-state index >= 15 is 0 Å². The quantitative estimate of drug-likeness (QED) is 0.773. The van der Waals surface area contributed by atoms with Crippen molar-refractivity contribution in [1.29, 1.82) is 5.26 Å². The van der Waals surface area contributed by atoms with Gasteiger partial charge in [0.2, 0.25) is 0 Å². The van der Waals surface area contributed by atoms with Crippen LogP contribution in [0.3, 0.4) is 0 Å². The normalized spacial score (nSPS) is 21.3. The molecule has 0 N–H and O–H groups in total. The Hall–Kier alpha value is -2.88. The molecule has 2 heterocycles. The molecule has 0 spiro atoms. The molecule has 0 atom stereocenters. The second kappa shape index (κ2) is 6.45. The molecular weight excluding hydrogens is 332 g/mol. The predicted octanol–water partition coefficient (Wildman–Crippen LogP) is 1.59. The molecular formula is C19H20N4O3. The first-order valence-electron chi connectivity index (χ1n) is 9.00. The predicted molar refractivity (Wildman–Crippen MR) is 92.1 cm³/mol. The van der Waals surface area contributed by atoms with Gasteiger partial charge in [0.15, 0.2) is 0 Å². The number of benzene rings is 1. The molecule has 134 valence electrons. The van der Waals surface area contributed by atoms with Crippen LogP contribution in [-0.4, -0.2) is 64.3 Å². The van der Waals surface area contributed by atoms with E-state index in [9.17, 15) is 14.4 Å². The number of amides is 4. The minimum Gasteiger partial charge on any atom is -0.338 e. The van der Waals surface area contributed by atoms with E-state index < -0.39 is 0 Å². The Bertz CT molecular complexity index is 803. The molecule has 1 saturated carbocycles. The zero-order valence-corrected chi connectivity index (χ0v) is 14.4. The van der Waals surface area contributed by atoms with Crippen LogP contribution in [0.1, 0.15) is 41.6 Å². The highest BCUT2D eigenvalue weighted by Gasteiger charge is 2.47. The molecule has 0 aromatic heterocycles. The van der Waals surface area contributed by atoms with E-state index in [1.54, 1.807) is 34.1 Å². The topological polar surface area (TPSA) is 84.7 Å². The smallest absolute Gasteiger partial charge is 0.327 e. The fourth-order valence-electron chi connectivity index (χ4n) is 3.80. The summed E-state index contributed by atoms with van der Waals surface area (Å²) in [5, 5.41) is 8.98. The van der Waals surface area contributed by atoms with Crippen LogP contribution >= 0.6 is 0 Å². The number of carbonyl (C=O) groups is 3. The van der Waals surface area contributed by atoms with Crippen molar-refractivity contribution < 1.29 is 14.4 Å². The SMILES string of the molecule is N#Cc1cccc(C(=O)N2CCC(N3CC(=O)N(C4CC4)C3=O)CC2)c1. The summed E-state index contributed by atoms with van der Waals surface area (Å²) in [6, 6.07) is 8.69. The van der Waals surface area contributed by atoms with Crippen molar-refractivity contribution in [3.8, 4) is 6.07 Å². The highest BCUT2D eigenvalue weighted by molar-refractivity contribution is 6.02. The first-order valence-corrected chi connectivity index (χ1v) is 9.00. The lowest BCUT2D eigenvalue weighted by molar-refractivity contribution is -0.125. The third-order valence-electron chi connectivity index (χ3n) is 5.37. The molecule has 1 aliphatic carbocycles. The van der Waals surface area contributed by atoms with Gasteiger partial charge in [-0.05, 0) is 43.9 Å². The van der Waals surface area contributed by atoms with Crippen molar-refractivity contribution in [2.45, 2.75) is 37.8 Å². The van der Waals surface area contributed by atoms with Gasteiger partial charge >= 0.3 is 6.03 Å². The molecule has 4 rings (SSSR count). The average molecular weight is 352 g/mol. The summed E-state index contributed by atoms with van der Waals surface area (Å²) in [4.78, 5) is 42.1. The monoisotopic (exact) mass is 352 g/mol. The molecule has 1 aromatic carbocycles. The van der Waals surface area contributed by atoms with Crippen molar-refractivity contribution in [2.75, 3.05) is 19.6 Å². The summed E-state index contributed by atoms with van der Waals surface area (Å²) in [5.41, 5.74) is 0.974. The van der Waals surface area contributed by atoms with E-state index in [1.807, 2.05) is 6.07 Å². The van der Waals surface area contributed by atoms with E-state index in [0.29, 0.717) is 37.1 Å². The van der Waals surface area contributed by atoms with Gasteiger partial charge in [0, 0.05) is 30.7 Å². The molecule has 3 fully saturated rings. The molecule has 7 nitrogen and oxygen atoms in total. The number of imide groups is 1. The average Bonchev–Trinajstić information content (AvgIpc) is 3.46. The van der Waals surface area contributed by atoms with Gasteiger partial charge in [0.25, 0.3) is 11.8 Å². The van der Waals surface area contributed by atoms with Crippen LogP contribution in [0.25, 0.3) is 0 Å².